The highest BCUT2D eigenvalue weighted by atomic mass is 79.9. The highest BCUT2D eigenvalue weighted by molar-refractivity contribution is 9.10. The molecule has 0 saturated carbocycles. The fraction of sp³-hybridized carbons (Fsp3) is 0.250. The van der Waals surface area contributed by atoms with Crippen LogP contribution in [0.5, 0.6) is 0 Å². The van der Waals surface area contributed by atoms with Crippen LogP contribution in [0, 0.1) is 10.1 Å². The molecule has 0 bridgehead atoms. The van der Waals surface area contributed by atoms with Crippen LogP contribution in [-0.2, 0) is 12.8 Å². The van der Waals surface area contributed by atoms with Gasteiger partial charge in [0.15, 0.2) is 0 Å². The van der Waals surface area contributed by atoms with Gasteiger partial charge in [0.05, 0.1) is 17.1 Å². The third-order valence-corrected chi connectivity index (χ3v) is 2.45. The summed E-state index contributed by atoms with van der Waals surface area (Å²) >= 11 is 2.61. The number of nitro groups is 1. The first-order valence-corrected chi connectivity index (χ1v) is 4.71. The third kappa shape index (κ3) is 2.50. The lowest BCUT2D eigenvalue weighted by atomic mass is 10.1. The second-order valence-electron chi connectivity index (χ2n) is 2.87. The van der Waals surface area contributed by atoms with Gasteiger partial charge >= 0.3 is 6.18 Å². The van der Waals surface area contributed by atoms with Crippen LogP contribution in [0.3, 0.4) is 0 Å². The van der Waals surface area contributed by atoms with Crippen LogP contribution in [0.2, 0.25) is 0 Å². The molecule has 0 amide bonds. The summed E-state index contributed by atoms with van der Waals surface area (Å²) in [6.07, 6.45) is -4.67. The Hall–Kier alpha value is -1.15. The van der Waals surface area contributed by atoms with Crippen molar-refractivity contribution < 1.29 is 23.2 Å². The van der Waals surface area contributed by atoms with E-state index in [9.17, 15) is 23.3 Å². The molecule has 1 N–H and O–H groups in total. The Morgan fingerprint density at radius 2 is 2.00 bits per heavy atom. The molecule has 0 unspecified atom stereocenters. The molecule has 0 radical (unpaired) electrons. The van der Waals surface area contributed by atoms with E-state index in [1.807, 2.05) is 0 Å². The van der Waals surface area contributed by atoms with Gasteiger partial charge in [0, 0.05) is 16.6 Å². The molecular weight excluding hydrogens is 295 g/mol. The highest BCUT2D eigenvalue weighted by Crippen LogP contribution is 2.39. The molecule has 8 heteroatoms. The number of aliphatic hydroxyl groups excluding tert-OH is 1. The van der Waals surface area contributed by atoms with E-state index >= 15 is 0 Å². The van der Waals surface area contributed by atoms with Gasteiger partial charge in [0.1, 0.15) is 0 Å². The Kier molecular flexibility index (Phi) is 3.54. The maximum Gasteiger partial charge on any atom is 0.417 e. The number of nitro benzene ring substituents is 1. The van der Waals surface area contributed by atoms with Crippen LogP contribution in [0.15, 0.2) is 16.6 Å². The molecule has 0 fully saturated rings. The van der Waals surface area contributed by atoms with Crippen LogP contribution in [0.4, 0.5) is 18.9 Å². The zero-order valence-corrected chi connectivity index (χ0v) is 9.17. The minimum absolute atomic E-state index is 0.460. The van der Waals surface area contributed by atoms with Gasteiger partial charge in [0.2, 0.25) is 0 Å². The van der Waals surface area contributed by atoms with Crippen molar-refractivity contribution in [2.24, 2.45) is 0 Å². The second kappa shape index (κ2) is 4.38. The summed E-state index contributed by atoms with van der Waals surface area (Å²) < 4.78 is 37.1. The number of rotatable bonds is 2. The van der Waals surface area contributed by atoms with E-state index in [1.165, 1.54) is 0 Å². The average molecular weight is 300 g/mol. The molecule has 1 rings (SSSR count). The summed E-state index contributed by atoms with van der Waals surface area (Å²) in [4.78, 5) is 9.57. The summed E-state index contributed by atoms with van der Waals surface area (Å²) in [7, 11) is 0. The lowest BCUT2D eigenvalue weighted by Crippen LogP contribution is -2.11. The van der Waals surface area contributed by atoms with Crippen molar-refractivity contribution in [3.05, 3.63) is 37.8 Å². The van der Waals surface area contributed by atoms with Gasteiger partial charge in [-0.25, -0.2) is 0 Å². The Bertz CT molecular complexity index is 433. The van der Waals surface area contributed by atoms with E-state index < -0.39 is 39.0 Å². The number of hydrogen-bond acceptors (Lipinski definition) is 3. The molecule has 0 atom stereocenters. The number of hydrogen-bond donors (Lipinski definition) is 1. The Morgan fingerprint density at radius 1 is 1.44 bits per heavy atom. The van der Waals surface area contributed by atoms with Crippen LogP contribution in [0.25, 0.3) is 0 Å². The molecule has 0 aromatic heterocycles. The third-order valence-electron chi connectivity index (χ3n) is 1.82. The quantitative estimate of drug-likeness (QED) is 0.674. The lowest BCUT2D eigenvalue weighted by molar-refractivity contribution is -0.385. The first-order valence-electron chi connectivity index (χ1n) is 3.92. The fourth-order valence-electron chi connectivity index (χ4n) is 1.20. The highest BCUT2D eigenvalue weighted by Gasteiger charge is 2.36. The molecule has 0 saturated heterocycles. The number of aliphatic hydroxyl groups is 1. The van der Waals surface area contributed by atoms with Crippen LogP contribution in [-0.4, -0.2) is 10.0 Å². The van der Waals surface area contributed by atoms with Gasteiger partial charge in [-0.1, -0.05) is 0 Å². The smallest absolute Gasteiger partial charge is 0.392 e. The average Bonchev–Trinajstić information content (AvgIpc) is 2.14. The van der Waals surface area contributed by atoms with E-state index in [2.05, 4.69) is 15.9 Å². The zero-order valence-electron chi connectivity index (χ0n) is 7.58. The number of nitrogens with zero attached hydrogens (tertiary/aromatic N) is 1. The van der Waals surface area contributed by atoms with E-state index in [1.54, 1.807) is 0 Å². The first kappa shape index (κ1) is 12.9. The molecule has 0 spiro atoms. The van der Waals surface area contributed by atoms with E-state index in [4.69, 9.17) is 5.11 Å². The van der Waals surface area contributed by atoms with Gasteiger partial charge in [-0.3, -0.25) is 10.1 Å². The predicted octanol–water partition coefficient (Wildman–Crippen LogP) is 2.87. The van der Waals surface area contributed by atoms with E-state index in [0.717, 1.165) is 6.07 Å². The Balaban J connectivity index is 3.46. The summed E-state index contributed by atoms with van der Waals surface area (Å²) in [6.45, 7) is -0.922. The van der Waals surface area contributed by atoms with Crippen molar-refractivity contribution in [3.63, 3.8) is 0 Å². The monoisotopic (exact) mass is 299 g/mol. The zero-order chi connectivity index (χ0) is 12.5. The molecule has 0 aliphatic rings. The molecule has 0 aliphatic heterocycles. The van der Waals surface area contributed by atoms with Crippen molar-refractivity contribution in [2.75, 3.05) is 0 Å². The van der Waals surface area contributed by atoms with Crippen LogP contribution >= 0.6 is 15.9 Å². The number of alkyl halides is 3. The molecular formula is C8H5BrF3NO3. The van der Waals surface area contributed by atoms with Gasteiger partial charge in [-0.05, 0) is 21.5 Å². The minimum atomic E-state index is -4.67. The predicted molar refractivity (Wildman–Crippen MR) is 51.7 cm³/mol. The molecule has 1 aromatic carbocycles. The normalized spacial score (nSPS) is 11.6. The summed E-state index contributed by atoms with van der Waals surface area (Å²) in [5.41, 5.74) is -2.14. The maximum absolute atomic E-state index is 12.5. The van der Waals surface area contributed by atoms with Crippen molar-refractivity contribution in [3.8, 4) is 0 Å². The largest absolute Gasteiger partial charge is 0.417 e. The molecule has 0 aliphatic carbocycles. The van der Waals surface area contributed by atoms with Gasteiger partial charge in [0.25, 0.3) is 5.69 Å². The number of non-ortho nitro benzene ring substituents is 1. The SMILES string of the molecule is O=[N+]([O-])c1cc(Br)c(C(F)(F)F)c(CO)c1. The Morgan fingerprint density at radius 3 is 2.38 bits per heavy atom. The van der Waals surface area contributed by atoms with Crippen LogP contribution in [0.1, 0.15) is 11.1 Å². The van der Waals surface area contributed by atoms with Gasteiger partial charge in [-0.15, -0.1) is 0 Å². The lowest BCUT2D eigenvalue weighted by Gasteiger charge is -2.12. The number of benzene rings is 1. The van der Waals surface area contributed by atoms with Gasteiger partial charge in [-0.2, -0.15) is 13.2 Å². The van der Waals surface area contributed by atoms with Gasteiger partial charge < -0.3 is 5.11 Å². The molecule has 1 aromatic rings. The molecule has 88 valence electrons. The molecule has 16 heavy (non-hydrogen) atoms. The van der Waals surface area contributed by atoms with E-state index in [0.29, 0.717) is 6.07 Å². The van der Waals surface area contributed by atoms with E-state index in [-0.39, 0.29) is 0 Å². The molecule has 4 nitrogen and oxygen atoms in total. The van der Waals surface area contributed by atoms with Crippen molar-refractivity contribution in [1.82, 2.24) is 0 Å². The summed E-state index contributed by atoms with van der Waals surface area (Å²) in [5.74, 6) is 0. The van der Waals surface area contributed by atoms with Crippen molar-refractivity contribution >= 4 is 21.6 Å². The summed E-state index contributed by atoms with van der Waals surface area (Å²) in [6, 6.07) is 1.45. The minimum Gasteiger partial charge on any atom is -0.392 e. The van der Waals surface area contributed by atoms with Crippen molar-refractivity contribution in [2.45, 2.75) is 12.8 Å². The van der Waals surface area contributed by atoms with Crippen LogP contribution < -0.4 is 0 Å². The Labute approximate surface area is 96.0 Å². The number of halogens is 4. The summed E-state index contributed by atoms with van der Waals surface area (Å²) in [5, 5.41) is 19.2. The first-order chi connectivity index (χ1) is 7.27. The molecule has 0 heterocycles. The fourth-order valence-corrected chi connectivity index (χ4v) is 1.91. The van der Waals surface area contributed by atoms with Crippen molar-refractivity contribution in [1.29, 1.82) is 0 Å². The second-order valence-corrected chi connectivity index (χ2v) is 3.73. The standard InChI is InChI=1S/C8H5BrF3NO3/c9-6-2-5(13(15)16)1-4(3-14)7(6)8(10,11)12/h1-2,14H,3H2. The topological polar surface area (TPSA) is 63.4 Å². The maximum atomic E-state index is 12.5.